The second-order valence-corrected chi connectivity index (χ2v) is 7.23. The summed E-state index contributed by atoms with van der Waals surface area (Å²) in [7, 11) is 0. The number of hydrogen-bond donors (Lipinski definition) is 0. The predicted octanol–water partition coefficient (Wildman–Crippen LogP) is 5.14. The minimum Gasteiger partial charge on any atom is -0.294 e. The Morgan fingerprint density at radius 3 is 2.64 bits per heavy atom. The van der Waals surface area contributed by atoms with Crippen LogP contribution in [0, 0.1) is 6.92 Å². The van der Waals surface area contributed by atoms with Gasteiger partial charge in [-0.3, -0.25) is 9.36 Å². The molecule has 2 heterocycles. The molecule has 4 aromatic rings. The fourth-order valence-electron chi connectivity index (χ4n) is 2.84. The Labute approximate surface area is 154 Å². The van der Waals surface area contributed by atoms with Gasteiger partial charge in [0.1, 0.15) is 4.83 Å². The van der Waals surface area contributed by atoms with Gasteiger partial charge in [-0.2, -0.15) is 0 Å². The first-order valence-corrected chi connectivity index (χ1v) is 9.16. The summed E-state index contributed by atoms with van der Waals surface area (Å²) < 4.78 is 1.62. The highest BCUT2D eigenvalue weighted by atomic mass is 35.5. The Morgan fingerprint density at radius 2 is 1.88 bits per heavy atom. The molecule has 0 amide bonds. The summed E-state index contributed by atoms with van der Waals surface area (Å²) in [5, 5.41) is 3.32. The van der Waals surface area contributed by atoms with Crippen molar-refractivity contribution in [3.63, 3.8) is 0 Å². The summed E-state index contributed by atoms with van der Waals surface area (Å²) in [5.74, 6) is 0. The highest BCUT2D eigenvalue weighted by Gasteiger charge is 2.14. The van der Waals surface area contributed by atoms with Crippen LogP contribution in [0.15, 0.2) is 65.0 Å². The molecule has 0 unspecified atom stereocenters. The molecule has 0 aliphatic rings. The maximum atomic E-state index is 13.1. The van der Waals surface area contributed by atoms with E-state index in [2.05, 4.69) is 17.1 Å². The second-order valence-electron chi connectivity index (χ2n) is 5.96. The highest BCUT2D eigenvalue weighted by Crippen LogP contribution is 2.30. The molecule has 2 aromatic carbocycles. The van der Waals surface area contributed by atoms with Crippen molar-refractivity contribution in [2.24, 2.45) is 0 Å². The number of benzene rings is 2. The Balaban J connectivity index is 1.85. The second kappa shape index (κ2) is 6.47. The highest BCUT2D eigenvalue weighted by molar-refractivity contribution is 7.17. The molecule has 0 radical (unpaired) electrons. The van der Waals surface area contributed by atoms with E-state index in [-0.39, 0.29) is 5.56 Å². The molecule has 124 valence electrons. The molecule has 0 N–H and O–H groups in total. The molecule has 4 rings (SSSR count). The molecule has 0 saturated heterocycles. The van der Waals surface area contributed by atoms with Crippen LogP contribution in [0.25, 0.3) is 21.3 Å². The molecule has 0 bridgehead atoms. The standard InChI is InChI=1S/C20H15ClN2OS/c1-13-6-8-14(9-7-13)16-11-25-19-18(16)20(24)23(12-22-19)10-15-4-2-3-5-17(15)21/h2-9,11-12H,10H2,1H3. The Bertz CT molecular complexity index is 1110. The van der Waals surface area contributed by atoms with Gasteiger partial charge in [0.05, 0.1) is 18.3 Å². The topological polar surface area (TPSA) is 34.9 Å². The Morgan fingerprint density at radius 1 is 1.12 bits per heavy atom. The van der Waals surface area contributed by atoms with Crippen LogP contribution >= 0.6 is 22.9 Å². The van der Waals surface area contributed by atoms with Gasteiger partial charge in [-0.05, 0) is 24.1 Å². The van der Waals surface area contributed by atoms with Gasteiger partial charge in [0.15, 0.2) is 0 Å². The molecule has 5 heteroatoms. The third-order valence-electron chi connectivity index (χ3n) is 4.22. The molecule has 0 aliphatic carbocycles. The summed E-state index contributed by atoms with van der Waals surface area (Å²) >= 11 is 7.73. The maximum absolute atomic E-state index is 13.1. The fraction of sp³-hybridized carbons (Fsp3) is 0.100. The van der Waals surface area contributed by atoms with Crippen molar-refractivity contribution >= 4 is 33.2 Å². The maximum Gasteiger partial charge on any atom is 0.263 e. The first-order chi connectivity index (χ1) is 12.1. The minimum atomic E-state index is -0.0401. The van der Waals surface area contributed by atoms with Crippen LogP contribution in [-0.2, 0) is 6.54 Å². The summed E-state index contributed by atoms with van der Waals surface area (Å²) in [5.41, 5.74) is 4.02. The lowest BCUT2D eigenvalue weighted by atomic mass is 10.1. The van der Waals surface area contributed by atoms with Gasteiger partial charge in [-0.15, -0.1) is 11.3 Å². The normalized spacial score (nSPS) is 11.1. The zero-order valence-electron chi connectivity index (χ0n) is 13.6. The van der Waals surface area contributed by atoms with E-state index in [0.29, 0.717) is 17.0 Å². The largest absolute Gasteiger partial charge is 0.294 e. The van der Waals surface area contributed by atoms with E-state index in [1.54, 1.807) is 10.9 Å². The quantitative estimate of drug-likeness (QED) is 0.503. The summed E-state index contributed by atoms with van der Waals surface area (Å²) in [6.45, 7) is 2.46. The van der Waals surface area contributed by atoms with E-state index in [9.17, 15) is 4.79 Å². The molecule has 0 spiro atoms. The van der Waals surface area contributed by atoms with Gasteiger partial charge >= 0.3 is 0 Å². The van der Waals surface area contributed by atoms with Crippen LogP contribution in [0.2, 0.25) is 5.02 Å². The third-order valence-corrected chi connectivity index (χ3v) is 5.48. The van der Waals surface area contributed by atoms with Gasteiger partial charge in [0.25, 0.3) is 5.56 Å². The summed E-state index contributed by atoms with van der Waals surface area (Å²) in [6, 6.07) is 15.7. The van der Waals surface area contributed by atoms with Gasteiger partial charge in [0.2, 0.25) is 0 Å². The van der Waals surface area contributed by atoms with E-state index < -0.39 is 0 Å². The van der Waals surface area contributed by atoms with Crippen LogP contribution in [-0.4, -0.2) is 9.55 Å². The predicted molar refractivity (Wildman–Crippen MR) is 105 cm³/mol. The summed E-state index contributed by atoms with van der Waals surface area (Å²) in [4.78, 5) is 18.3. The van der Waals surface area contributed by atoms with Crippen molar-refractivity contribution in [3.05, 3.63) is 86.7 Å². The lowest BCUT2D eigenvalue weighted by Crippen LogP contribution is -2.21. The molecule has 2 aromatic heterocycles. The lowest BCUT2D eigenvalue weighted by molar-refractivity contribution is 0.750. The summed E-state index contributed by atoms with van der Waals surface area (Å²) in [6.07, 6.45) is 1.60. The smallest absolute Gasteiger partial charge is 0.263 e. The fourth-order valence-corrected chi connectivity index (χ4v) is 3.94. The average molecular weight is 367 g/mol. The first kappa shape index (κ1) is 16.1. The number of aryl methyl sites for hydroxylation is 1. The molecular formula is C20H15ClN2OS. The average Bonchev–Trinajstić information content (AvgIpc) is 3.05. The molecule has 3 nitrogen and oxygen atoms in total. The van der Waals surface area contributed by atoms with Gasteiger partial charge < -0.3 is 0 Å². The Hall–Kier alpha value is -2.43. The van der Waals surface area contributed by atoms with Gasteiger partial charge in [-0.25, -0.2) is 4.98 Å². The number of aromatic nitrogens is 2. The van der Waals surface area contributed by atoms with E-state index in [0.717, 1.165) is 21.5 Å². The van der Waals surface area contributed by atoms with Crippen molar-refractivity contribution in [3.8, 4) is 11.1 Å². The van der Waals surface area contributed by atoms with Crippen LogP contribution in [0.4, 0.5) is 0 Å². The van der Waals surface area contributed by atoms with E-state index in [1.807, 2.05) is 48.7 Å². The van der Waals surface area contributed by atoms with Crippen LogP contribution in [0.1, 0.15) is 11.1 Å². The van der Waals surface area contributed by atoms with Gasteiger partial charge in [0, 0.05) is 16.0 Å². The van der Waals surface area contributed by atoms with Crippen molar-refractivity contribution in [2.75, 3.05) is 0 Å². The molecule has 0 fully saturated rings. The van der Waals surface area contributed by atoms with Crippen molar-refractivity contribution in [1.29, 1.82) is 0 Å². The van der Waals surface area contributed by atoms with Crippen LogP contribution in [0.5, 0.6) is 0 Å². The zero-order chi connectivity index (χ0) is 17.4. The monoisotopic (exact) mass is 366 g/mol. The molecule has 0 saturated carbocycles. The number of hydrogen-bond acceptors (Lipinski definition) is 3. The van der Waals surface area contributed by atoms with Gasteiger partial charge in [-0.1, -0.05) is 59.6 Å². The van der Waals surface area contributed by atoms with Crippen molar-refractivity contribution in [1.82, 2.24) is 9.55 Å². The van der Waals surface area contributed by atoms with Crippen molar-refractivity contribution < 1.29 is 0 Å². The molecule has 0 aliphatic heterocycles. The van der Waals surface area contributed by atoms with E-state index >= 15 is 0 Å². The number of halogens is 1. The lowest BCUT2D eigenvalue weighted by Gasteiger charge is -2.08. The SMILES string of the molecule is Cc1ccc(-c2csc3ncn(Cc4ccccc4Cl)c(=O)c23)cc1. The minimum absolute atomic E-state index is 0.0401. The number of thiophene rings is 1. The number of nitrogens with zero attached hydrogens (tertiary/aromatic N) is 2. The van der Waals surface area contributed by atoms with Crippen molar-refractivity contribution in [2.45, 2.75) is 13.5 Å². The molecule has 25 heavy (non-hydrogen) atoms. The number of fused-ring (bicyclic) bond motifs is 1. The molecular weight excluding hydrogens is 352 g/mol. The Kier molecular flexibility index (Phi) is 4.15. The van der Waals surface area contributed by atoms with Crippen LogP contribution in [0.3, 0.4) is 0 Å². The van der Waals surface area contributed by atoms with Crippen LogP contribution < -0.4 is 5.56 Å². The zero-order valence-corrected chi connectivity index (χ0v) is 15.1. The first-order valence-electron chi connectivity index (χ1n) is 7.90. The molecule has 0 atom stereocenters. The van der Waals surface area contributed by atoms with E-state index in [1.165, 1.54) is 16.9 Å². The van der Waals surface area contributed by atoms with E-state index in [4.69, 9.17) is 11.6 Å². The number of rotatable bonds is 3. The third kappa shape index (κ3) is 2.99.